The Labute approximate surface area is 99.0 Å². The van der Waals surface area contributed by atoms with Gasteiger partial charge in [0, 0.05) is 0 Å². The molecule has 8 heteroatoms. The molecule has 0 saturated carbocycles. The first-order chi connectivity index (χ1) is 8.74. The Hall–Kier alpha value is -2.90. The molecule has 0 aliphatic rings. The standard InChI is InChI=1S/C10H5N3O5/c14-13(15)8-4-3-7(17-8)10-12-11-9(18-10)6-2-1-5-16-6/h1-5H. The molecule has 3 rings (SSSR count). The first-order valence-corrected chi connectivity index (χ1v) is 4.86. The Balaban J connectivity index is 1.95. The quantitative estimate of drug-likeness (QED) is 0.516. The summed E-state index contributed by atoms with van der Waals surface area (Å²) in [6, 6.07) is 5.93. The summed E-state index contributed by atoms with van der Waals surface area (Å²) in [4.78, 5) is 9.82. The minimum Gasteiger partial charge on any atom is -0.459 e. The number of furan rings is 2. The molecule has 3 aromatic rings. The van der Waals surface area contributed by atoms with E-state index in [0.717, 1.165) is 0 Å². The van der Waals surface area contributed by atoms with E-state index in [-0.39, 0.29) is 23.4 Å². The third kappa shape index (κ3) is 1.65. The van der Waals surface area contributed by atoms with Gasteiger partial charge in [-0.1, -0.05) is 0 Å². The van der Waals surface area contributed by atoms with Gasteiger partial charge in [-0.05, 0) is 18.2 Å². The van der Waals surface area contributed by atoms with Gasteiger partial charge >= 0.3 is 5.88 Å². The third-order valence-corrected chi connectivity index (χ3v) is 2.14. The van der Waals surface area contributed by atoms with Crippen LogP contribution in [-0.2, 0) is 0 Å². The van der Waals surface area contributed by atoms with Crippen molar-refractivity contribution < 1.29 is 18.2 Å². The zero-order valence-corrected chi connectivity index (χ0v) is 8.77. The van der Waals surface area contributed by atoms with Gasteiger partial charge in [-0.2, -0.15) is 0 Å². The van der Waals surface area contributed by atoms with Gasteiger partial charge in [-0.15, -0.1) is 10.2 Å². The molecule has 0 saturated heterocycles. The van der Waals surface area contributed by atoms with Crippen molar-refractivity contribution in [3.05, 3.63) is 40.6 Å². The van der Waals surface area contributed by atoms with Crippen LogP contribution in [0.15, 0.2) is 43.8 Å². The fraction of sp³-hybridized carbons (Fsp3) is 0. The maximum Gasteiger partial charge on any atom is 0.433 e. The molecule has 0 amide bonds. The molecule has 0 N–H and O–H groups in total. The van der Waals surface area contributed by atoms with E-state index in [1.54, 1.807) is 12.1 Å². The van der Waals surface area contributed by atoms with Crippen molar-refractivity contribution in [1.29, 1.82) is 0 Å². The predicted molar refractivity (Wildman–Crippen MR) is 56.4 cm³/mol. The molecule has 3 aromatic heterocycles. The van der Waals surface area contributed by atoms with Crippen molar-refractivity contribution in [2.24, 2.45) is 0 Å². The van der Waals surface area contributed by atoms with Gasteiger partial charge in [-0.25, -0.2) is 0 Å². The van der Waals surface area contributed by atoms with Gasteiger partial charge in [0.25, 0.3) is 11.8 Å². The summed E-state index contributed by atoms with van der Waals surface area (Å²) in [6.45, 7) is 0. The highest BCUT2D eigenvalue weighted by Crippen LogP contribution is 2.27. The number of aromatic nitrogens is 2. The molecule has 0 aliphatic carbocycles. The maximum absolute atomic E-state index is 10.5. The first-order valence-electron chi connectivity index (χ1n) is 4.86. The highest BCUT2D eigenvalue weighted by molar-refractivity contribution is 5.50. The molecule has 8 nitrogen and oxygen atoms in total. The van der Waals surface area contributed by atoms with Crippen molar-refractivity contribution in [1.82, 2.24) is 10.2 Å². The predicted octanol–water partition coefficient (Wildman–Crippen LogP) is 2.50. The van der Waals surface area contributed by atoms with Crippen LogP contribution >= 0.6 is 0 Å². The SMILES string of the molecule is O=[N+]([O-])c1ccc(-c2nnc(-c3ccco3)o2)o1. The lowest BCUT2D eigenvalue weighted by atomic mass is 10.4. The van der Waals surface area contributed by atoms with E-state index in [1.165, 1.54) is 18.4 Å². The average Bonchev–Trinajstić information content (AvgIpc) is 3.10. The van der Waals surface area contributed by atoms with Gasteiger partial charge in [0.2, 0.25) is 0 Å². The van der Waals surface area contributed by atoms with Crippen LogP contribution in [-0.4, -0.2) is 15.1 Å². The lowest BCUT2D eigenvalue weighted by Gasteiger charge is -1.86. The Morgan fingerprint density at radius 2 is 1.83 bits per heavy atom. The summed E-state index contributed by atoms with van der Waals surface area (Å²) < 4.78 is 15.3. The van der Waals surface area contributed by atoms with E-state index in [9.17, 15) is 10.1 Å². The van der Waals surface area contributed by atoms with Crippen LogP contribution in [0.4, 0.5) is 5.88 Å². The molecular formula is C10H5N3O5. The summed E-state index contributed by atoms with van der Waals surface area (Å²) in [5.41, 5.74) is 0. The minimum absolute atomic E-state index is 0.0505. The van der Waals surface area contributed by atoms with E-state index >= 15 is 0 Å². The molecule has 0 fully saturated rings. The number of hydrogen-bond acceptors (Lipinski definition) is 7. The van der Waals surface area contributed by atoms with Gasteiger partial charge in [-0.3, -0.25) is 10.1 Å². The summed E-state index contributed by atoms with van der Waals surface area (Å²) in [5, 5.41) is 17.9. The third-order valence-electron chi connectivity index (χ3n) is 2.14. The van der Waals surface area contributed by atoms with Crippen LogP contribution < -0.4 is 0 Å². The smallest absolute Gasteiger partial charge is 0.433 e. The second kappa shape index (κ2) is 3.84. The first kappa shape index (κ1) is 10.3. The van der Waals surface area contributed by atoms with Gasteiger partial charge in [0.15, 0.2) is 11.5 Å². The molecule has 3 heterocycles. The van der Waals surface area contributed by atoms with Crippen molar-refractivity contribution in [3.8, 4) is 23.3 Å². The van der Waals surface area contributed by atoms with Crippen LogP contribution in [0.5, 0.6) is 0 Å². The molecule has 0 radical (unpaired) electrons. The summed E-state index contributed by atoms with van der Waals surface area (Å²) in [5.74, 6) is 0.383. The molecular weight excluding hydrogens is 242 g/mol. The number of rotatable bonds is 3. The molecule has 0 atom stereocenters. The van der Waals surface area contributed by atoms with E-state index in [4.69, 9.17) is 13.3 Å². The van der Waals surface area contributed by atoms with Crippen LogP contribution in [0, 0.1) is 10.1 Å². The van der Waals surface area contributed by atoms with Gasteiger partial charge in [0.05, 0.1) is 12.3 Å². The summed E-state index contributed by atoms with van der Waals surface area (Å²) in [6.07, 6.45) is 1.47. The Morgan fingerprint density at radius 3 is 2.44 bits per heavy atom. The number of nitro groups is 1. The van der Waals surface area contributed by atoms with E-state index in [2.05, 4.69) is 10.2 Å². The molecule has 0 bridgehead atoms. The fourth-order valence-electron chi connectivity index (χ4n) is 1.36. The van der Waals surface area contributed by atoms with Crippen molar-refractivity contribution in [2.75, 3.05) is 0 Å². The largest absolute Gasteiger partial charge is 0.459 e. The molecule has 0 aliphatic heterocycles. The van der Waals surface area contributed by atoms with Crippen LogP contribution in [0.25, 0.3) is 23.3 Å². The fourth-order valence-corrected chi connectivity index (χ4v) is 1.36. The molecule has 0 aromatic carbocycles. The van der Waals surface area contributed by atoms with Crippen LogP contribution in [0.1, 0.15) is 0 Å². The highest BCUT2D eigenvalue weighted by Gasteiger charge is 2.18. The normalized spacial score (nSPS) is 10.7. The van der Waals surface area contributed by atoms with Crippen molar-refractivity contribution in [3.63, 3.8) is 0 Å². The Morgan fingerprint density at radius 1 is 1.06 bits per heavy atom. The molecule has 0 unspecified atom stereocenters. The van der Waals surface area contributed by atoms with E-state index < -0.39 is 4.92 Å². The average molecular weight is 247 g/mol. The van der Waals surface area contributed by atoms with Crippen LogP contribution in [0.3, 0.4) is 0 Å². The Bertz CT molecular complexity index is 682. The number of nitrogens with zero attached hydrogens (tertiary/aromatic N) is 3. The lowest BCUT2D eigenvalue weighted by molar-refractivity contribution is -0.401. The number of hydrogen-bond donors (Lipinski definition) is 0. The summed E-state index contributed by atoms with van der Waals surface area (Å²) >= 11 is 0. The molecule has 0 spiro atoms. The zero-order chi connectivity index (χ0) is 12.5. The maximum atomic E-state index is 10.5. The monoisotopic (exact) mass is 247 g/mol. The van der Waals surface area contributed by atoms with Crippen LogP contribution in [0.2, 0.25) is 0 Å². The van der Waals surface area contributed by atoms with Crippen molar-refractivity contribution in [2.45, 2.75) is 0 Å². The highest BCUT2D eigenvalue weighted by atomic mass is 16.6. The summed E-state index contributed by atoms with van der Waals surface area (Å²) in [7, 11) is 0. The second-order valence-electron chi connectivity index (χ2n) is 3.28. The van der Waals surface area contributed by atoms with E-state index in [0.29, 0.717) is 5.76 Å². The van der Waals surface area contributed by atoms with E-state index in [1.807, 2.05) is 0 Å². The Kier molecular flexibility index (Phi) is 2.19. The van der Waals surface area contributed by atoms with Gasteiger partial charge in [0.1, 0.15) is 4.92 Å². The second-order valence-corrected chi connectivity index (χ2v) is 3.28. The van der Waals surface area contributed by atoms with Gasteiger partial charge < -0.3 is 13.3 Å². The lowest BCUT2D eigenvalue weighted by Crippen LogP contribution is -1.82. The zero-order valence-electron chi connectivity index (χ0n) is 8.77. The topological polar surface area (TPSA) is 108 Å². The molecule has 90 valence electrons. The minimum atomic E-state index is -0.646. The molecule has 18 heavy (non-hydrogen) atoms. The van der Waals surface area contributed by atoms with Crippen molar-refractivity contribution >= 4 is 5.88 Å².